The molecule has 0 aliphatic carbocycles. The number of aliphatic hydroxyl groups excluding tert-OH is 1. The van der Waals surface area contributed by atoms with Crippen LogP contribution >= 0.6 is 12.6 Å². The van der Waals surface area contributed by atoms with Crippen molar-refractivity contribution in [3.63, 3.8) is 0 Å². The van der Waals surface area contributed by atoms with Gasteiger partial charge in [0.1, 0.15) is 23.7 Å². The van der Waals surface area contributed by atoms with Crippen LogP contribution in [0.2, 0.25) is 0 Å². The number of nitrogens with one attached hydrogen (secondary N) is 5. The van der Waals surface area contributed by atoms with Crippen LogP contribution in [0.3, 0.4) is 0 Å². The van der Waals surface area contributed by atoms with Gasteiger partial charge in [-0.25, -0.2) is 4.79 Å². The molecule has 0 rings (SSSR count). The average Bonchev–Trinajstić information content (AvgIpc) is 2.94. The monoisotopic (exact) mass is 701 g/mol. The summed E-state index contributed by atoms with van der Waals surface area (Å²) in [5, 5.41) is 25.3. The Hall–Kier alpha value is -2.54. The second-order valence-electron chi connectivity index (χ2n) is 15.6. The van der Waals surface area contributed by atoms with Crippen LogP contribution in [0, 0.1) is 29.6 Å². The summed E-state index contributed by atoms with van der Waals surface area (Å²) in [4.78, 5) is 65.4. The topological polar surface area (TPSA) is 175 Å². The lowest BCUT2D eigenvalue weighted by Crippen LogP contribution is -2.57. The first-order valence-electron chi connectivity index (χ1n) is 17.5. The Morgan fingerprint density at radius 3 is 1.73 bits per heavy atom. The van der Waals surface area contributed by atoms with Crippen LogP contribution < -0.4 is 26.6 Å². The highest BCUT2D eigenvalue weighted by molar-refractivity contribution is 7.80. The van der Waals surface area contributed by atoms with Gasteiger partial charge in [0.2, 0.25) is 23.6 Å². The third kappa shape index (κ3) is 19.5. The standard InChI is InChI=1S/C35H67N5O7S/c1-20(2)13-14-25(28(41)18-24(9)30(42)40-29(23(7)8)33(45)36-19-22(5)6)37-31(43)26(15-16-48)38-32(44)27(17-21(3)4)39-34(46)47-35(10,11)12/h20-29,41,48H,13-19H2,1-12H3,(H,36,45)(H,37,43)(H,38,44)(H,39,46)(H,40,42)/t24-,25+,26+,27+,28+,29+/m1/s1. The molecule has 0 aromatic rings. The molecule has 5 amide bonds. The summed E-state index contributed by atoms with van der Waals surface area (Å²) in [5.41, 5.74) is -0.750. The van der Waals surface area contributed by atoms with Crippen LogP contribution in [-0.4, -0.2) is 83.0 Å². The maximum absolute atomic E-state index is 13.6. The number of ether oxygens (including phenoxy) is 1. The normalized spacial score (nSPS) is 15.7. The number of carbonyl (C=O) groups excluding carboxylic acids is 5. The highest BCUT2D eigenvalue weighted by atomic mass is 32.1. The first-order valence-corrected chi connectivity index (χ1v) is 18.2. The van der Waals surface area contributed by atoms with Crippen molar-refractivity contribution in [1.82, 2.24) is 26.6 Å². The minimum absolute atomic E-state index is 0.0488. The van der Waals surface area contributed by atoms with Crippen LogP contribution in [0.25, 0.3) is 0 Å². The molecule has 6 atom stereocenters. The molecule has 13 heteroatoms. The summed E-state index contributed by atoms with van der Waals surface area (Å²) < 4.78 is 5.34. The maximum atomic E-state index is 13.6. The van der Waals surface area contributed by atoms with E-state index in [9.17, 15) is 29.1 Å². The van der Waals surface area contributed by atoms with Gasteiger partial charge in [-0.2, -0.15) is 12.6 Å². The van der Waals surface area contributed by atoms with Crippen molar-refractivity contribution in [2.24, 2.45) is 29.6 Å². The van der Waals surface area contributed by atoms with Gasteiger partial charge in [-0.15, -0.1) is 0 Å². The summed E-state index contributed by atoms with van der Waals surface area (Å²) >= 11 is 4.29. The van der Waals surface area contributed by atoms with E-state index in [0.717, 1.165) is 0 Å². The van der Waals surface area contributed by atoms with Gasteiger partial charge in [-0.05, 0) is 82.3 Å². The van der Waals surface area contributed by atoms with E-state index < -0.39 is 59.7 Å². The smallest absolute Gasteiger partial charge is 0.408 e. The molecule has 0 aromatic carbocycles. The SMILES string of the molecule is CC(C)CC[C@H](NC(=O)[C@H](CCS)NC(=O)[C@H](CC(C)C)NC(=O)OC(C)(C)C)[C@@H](O)C[C@@H](C)C(=O)N[C@H](C(=O)NCC(C)C)C(C)C. The molecule has 0 saturated carbocycles. The van der Waals surface area contributed by atoms with Gasteiger partial charge in [-0.1, -0.05) is 62.3 Å². The quantitative estimate of drug-likeness (QED) is 0.0887. The fourth-order valence-corrected chi connectivity index (χ4v) is 5.12. The minimum atomic E-state index is -1.07. The van der Waals surface area contributed by atoms with Gasteiger partial charge in [0.05, 0.1) is 12.1 Å². The largest absolute Gasteiger partial charge is 0.444 e. The Labute approximate surface area is 295 Å². The van der Waals surface area contributed by atoms with E-state index in [1.165, 1.54) is 0 Å². The molecule has 280 valence electrons. The van der Waals surface area contributed by atoms with Gasteiger partial charge in [0, 0.05) is 12.5 Å². The van der Waals surface area contributed by atoms with Crippen molar-refractivity contribution in [2.45, 2.75) is 151 Å². The van der Waals surface area contributed by atoms with Crippen molar-refractivity contribution in [1.29, 1.82) is 0 Å². The Balaban J connectivity index is 5.79. The summed E-state index contributed by atoms with van der Waals surface area (Å²) in [6.45, 7) is 23.0. The van der Waals surface area contributed by atoms with E-state index in [-0.39, 0.29) is 48.3 Å². The second kappa shape index (κ2) is 22.2. The third-order valence-electron chi connectivity index (χ3n) is 7.59. The van der Waals surface area contributed by atoms with E-state index in [0.29, 0.717) is 31.6 Å². The lowest BCUT2D eigenvalue weighted by molar-refractivity contribution is -0.133. The van der Waals surface area contributed by atoms with Gasteiger partial charge >= 0.3 is 6.09 Å². The molecule has 0 aromatic heterocycles. The number of thiol groups is 1. The molecule has 48 heavy (non-hydrogen) atoms. The molecular weight excluding hydrogens is 634 g/mol. The fourth-order valence-electron chi connectivity index (χ4n) is 4.86. The lowest BCUT2D eigenvalue weighted by atomic mass is 9.92. The molecule has 0 bridgehead atoms. The van der Waals surface area contributed by atoms with Gasteiger partial charge in [0.25, 0.3) is 0 Å². The summed E-state index contributed by atoms with van der Waals surface area (Å²) in [7, 11) is 0. The lowest BCUT2D eigenvalue weighted by Gasteiger charge is -2.30. The molecule has 0 radical (unpaired) electrons. The predicted molar refractivity (Wildman–Crippen MR) is 193 cm³/mol. The average molecular weight is 702 g/mol. The fraction of sp³-hybridized carbons (Fsp3) is 0.857. The summed E-state index contributed by atoms with van der Waals surface area (Å²) in [6, 6.07) is -3.33. The van der Waals surface area contributed by atoms with Crippen molar-refractivity contribution >= 4 is 42.4 Å². The Bertz CT molecular complexity index is 1020. The van der Waals surface area contributed by atoms with E-state index in [1.807, 2.05) is 55.4 Å². The first-order chi connectivity index (χ1) is 22.1. The van der Waals surface area contributed by atoms with Crippen LogP contribution in [0.15, 0.2) is 0 Å². The van der Waals surface area contributed by atoms with Gasteiger partial charge in [0.15, 0.2) is 0 Å². The third-order valence-corrected chi connectivity index (χ3v) is 7.84. The molecule has 0 spiro atoms. The number of hydrogen-bond acceptors (Lipinski definition) is 8. The number of amides is 5. The van der Waals surface area contributed by atoms with E-state index in [2.05, 4.69) is 39.2 Å². The Morgan fingerprint density at radius 1 is 0.667 bits per heavy atom. The molecule has 0 unspecified atom stereocenters. The number of hydrogen-bond donors (Lipinski definition) is 7. The zero-order valence-corrected chi connectivity index (χ0v) is 32.5. The number of aliphatic hydroxyl groups is 1. The van der Waals surface area contributed by atoms with Crippen molar-refractivity contribution in [3.05, 3.63) is 0 Å². The molecule has 0 aliphatic rings. The molecule has 6 N–H and O–H groups in total. The second-order valence-corrected chi connectivity index (χ2v) is 16.0. The Morgan fingerprint density at radius 2 is 1.25 bits per heavy atom. The minimum Gasteiger partial charge on any atom is -0.444 e. The molecular formula is C35H67N5O7S. The van der Waals surface area contributed by atoms with Crippen LogP contribution in [0.1, 0.15) is 115 Å². The first kappa shape index (κ1) is 45.5. The number of carbonyl (C=O) groups is 5. The highest BCUT2D eigenvalue weighted by Crippen LogP contribution is 2.18. The number of alkyl carbamates (subject to hydrolysis) is 1. The summed E-state index contributed by atoms with van der Waals surface area (Å²) in [5.74, 6) is -1.53. The van der Waals surface area contributed by atoms with Crippen LogP contribution in [-0.2, 0) is 23.9 Å². The molecule has 12 nitrogen and oxygen atoms in total. The highest BCUT2D eigenvalue weighted by Gasteiger charge is 2.33. The zero-order valence-electron chi connectivity index (χ0n) is 31.6. The van der Waals surface area contributed by atoms with E-state index in [4.69, 9.17) is 4.74 Å². The predicted octanol–water partition coefficient (Wildman–Crippen LogP) is 3.95. The van der Waals surface area contributed by atoms with Crippen molar-refractivity contribution in [3.8, 4) is 0 Å². The summed E-state index contributed by atoms with van der Waals surface area (Å²) in [6.07, 6.45) is -0.0697. The van der Waals surface area contributed by atoms with Crippen LogP contribution in [0.4, 0.5) is 4.79 Å². The van der Waals surface area contributed by atoms with Gasteiger partial charge < -0.3 is 36.4 Å². The van der Waals surface area contributed by atoms with Crippen LogP contribution in [0.5, 0.6) is 0 Å². The molecule has 0 aliphatic heterocycles. The van der Waals surface area contributed by atoms with E-state index in [1.54, 1.807) is 27.7 Å². The van der Waals surface area contributed by atoms with Crippen molar-refractivity contribution < 1.29 is 33.8 Å². The van der Waals surface area contributed by atoms with Gasteiger partial charge in [-0.3, -0.25) is 19.2 Å². The van der Waals surface area contributed by atoms with Crippen molar-refractivity contribution in [2.75, 3.05) is 12.3 Å². The van der Waals surface area contributed by atoms with E-state index >= 15 is 0 Å². The zero-order chi connectivity index (χ0) is 37.4. The molecule has 0 saturated heterocycles. The maximum Gasteiger partial charge on any atom is 0.408 e. The molecule has 0 fully saturated rings. The Kier molecular flexibility index (Phi) is 21.1. The number of rotatable bonds is 21. The molecule has 0 heterocycles.